The summed E-state index contributed by atoms with van der Waals surface area (Å²) in [4.78, 5) is 22.2. The summed E-state index contributed by atoms with van der Waals surface area (Å²) in [6.07, 6.45) is 29.7. The summed E-state index contributed by atoms with van der Waals surface area (Å²) >= 11 is 0. The van der Waals surface area contributed by atoms with Crippen molar-refractivity contribution in [2.24, 2.45) is 0 Å². The second-order valence-electron chi connectivity index (χ2n) is 7.19. The van der Waals surface area contributed by atoms with Gasteiger partial charge in [0.05, 0.1) is 6.10 Å². The summed E-state index contributed by atoms with van der Waals surface area (Å²) in [5.74, 6) is -1.02. The molecule has 0 bridgehead atoms. The van der Waals surface area contributed by atoms with Crippen LogP contribution in [0.2, 0.25) is 0 Å². The van der Waals surface area contributed by atoms with E-state index in [2.05, 4.69) is 67.7 Å². The third-order valence-corrected chi connectivity index (χ3v) is 4.24. The Kier molecular flexibility index (Phi) is 19.7. The predicted molar refractivity (Wildman–Crippen MR) is 125 cm³/mol. The normalized spacial score (nSPS) is 13.4. The zero-order valence-corrected chi connectivity index (χ0v) is 18.8. The summed E-state index contributed by atoms with van der Waals surface area (Å²) in [6.45, 7) is 3.95. The predicted octanol–water partition coefficient (Wildman–Crippen LogP) is 7.09. The molecule has 0 fully saturated rings. The molecule has 4 nitrogen and oxygen atoms in total. The van der Waals surface area contributed by atoms with E-state index in [4.69, 9.17) is 9.84 Å². The number of aliphatic carboxylic acids is 1. The lowest BCUT2D eigenvalue weighted by atomic mass is 10.1. The molecule has 0 aromatic heterocycles. The number of unbranched alkanes of at least 4 members (excludes halogenated alkanes) is 1. The number of hydrogen-bond acceptors (Lipinski definition) is 3. The zero-order valence-electron chi connectivity index (χ0n) is 18.8. The number of hydrogen-bond donors (Lipinski definition) is 1. The molecule has 0 aliphatic heterocycles. The number of rotatable bonds is 18. The molecule has 0 saturated carbocycles. The van der Waals surface area contributed by atoms with Crippen LogP contribution in [0.15, 0.2) is 60.8 Å². The van der Waals surface area contributed by atoms with Gasteiger partial charge in [0, 0.05) is 12.8 Å². The van der Waals surface area contributed by atoms with Crippen molar-refractivity contribution in [3.05, 3.63) is 60.8 Å². The Bertz CT molecular complexity index is 582. The lowest BCUT2D eigenvalue weighted by molar-refractivity contribution is -0.148. The summed E-state index contributed by atoms with van der Waals surface area (Å²) in [5, 5.41) is 8.60. The van der Waals surface area contributed by atoms with Crippen molar-refractivity contribution < 1.29 is 19.4 Å². The number of carbonyl (C=O) groups excluding carboxylic acids is 1. The van der Waals surface area contributed by atoms with Gasteiger partial charge in [-0.15, -0.1) is 0 Å². The molecule has 30 heavy (non-hydrogen) atoms. The molecule has 4 heteroatoms. The van der Waals surface area contributed by atoms with Crippen molar-refractivity contribution in [1.82, 2.24) is 0 Å². The van der Waals surface area contributed by atoms with Gasteiger partial charge in [-0.25, -0.2) is 0 Å². The van der Waals surface area contributed by atoms with Gasteiger partial charge in [0.2, 0.25) is 0 Å². The highest BCUT2D eigenvalue weighted by Crippen LogP contribution is 2.08. The summed E-state index contributed by atoms with van der Waals surface area (Å²) in [6, 6.07) is 0. The quantitative estimate of drug-likeness (QED) is 0.147. The Morgan fingerprint density at radius 2 is 1.27 bits per heavy atom. The second kappa shape index (κ2) is 21.4. The Morgan fingerprint density at radius 1 is 0.767 bits per heavy atom. The average molecular weight is 417 g/mol. The molecule has 0 saturated heterocycles. The van der Waals surface area contributed by atoms with Crippen LogP contribution in [0.25, 0.3) is 0 Å². The van der Waals surface area contributed by atoms with Gasteiger partial charge in [0.1, 0.15) is 0 Å². The number of ether oxygens (including phenoxy) is 1. The molecule has 168 valence electrons. The number of carboxylic acids is 1. The average Bonchev–Trinajstić information content (AvgIpc) is 2.70. The summed E-state index contributed by atoms with van der Waals surface area (Å²) < 4.78 is 5.28. The van der Waals surface area contributed by atoms with Gasteiger partial charge in [-0.1, -0.05) is 67.7 Å². The van der Waals surface area contributed by atoms with Gasteiger partial charge in [0.15, 0.2) is 0 Å². The van der Waals surface area contributed by atoms with E-state index in [1.54, 1.807) is 0 Å². The maximum Gasteiger partial charge on any atom is 0.306 e. The number of esters is 1. The van der Waals surface area contributed by atoms with Crippen molar-refractivity contribution >= 4 is 11.9 Å². The summed E-state index contributed by atoms with van der Waals surface area (Å²) in [7, 11) is 0. The highest BCUT2D eigenvalue weighted by atomic mass is 16.5. The molecule has 0 radical (unpaired) electrons. The molecule has 0 aliphatic carbocycles. The Balaban J connectivity index is 3.61. The van der Waals surface area contributed by atoms with Gasteiger partial charge in [-0.2, -0.15) is 0 Å². The SMILES string of the molecule is CC/C=C\C/C=C\C/C=C\C/C=C\C/C=C\CCCC(=O)OC(C)CCCC(=O)O. The molecular formula is C26H40O4. The first-order valence-corrected chi connectivity index (χ1v) is 11.2. The van der Waals surface area contributed by atoms with Crippen LogP contribution in [0, 0.1) is 0 Å². The van der Waals surface area contributed by atoms with E-state index in [0.29, 0.717) is 19.3 Å². The lowest BCUT2D eigenvalue weighted by Gasteiger charge is -2.12. The van der Waals surface area contributed by atoms with Crippen molar-refractivity contribution in [3.63, 3.8) is 0 Å². The third kappa shape index (κ3) is 21.9. The van der Waals surface area contributed by atoms with Crippen LogP contribution in [0.5, 0.6) is 0 Å². The Labute approximate surface area is 183 Å². The smallest absolute Gasteiger partial charge is 0.306 e. The minimum Gasteiger partial charge on any atom is -0.481 e. The van der Waals surface area contributed by atoms with Gasteiger partial charge >= 0.3 is 11.9 Å². The second-order valence-corrected chi connectivity index (χ2v) is 7.19. The maximum atomic E-state index is 11.7. The molecule has 0 rings (SSSR count). The molecule has 0 aromatic carbocycles. The Hall–Kier alpha value is -2.36. The minimum atomic E-state index is -0.814. The maximum absolute atomic E-state index is 11.7. The number of carboxylic acid groups (broad SMARTS) is 1. The lowest BCUT2D eigenvalue weighted by Crippen LogP contribution is -2.15. The van der Waals surface area contributed by atoms with E-state index in [1.165, 1.54) is 0 Å². The topological polar surface area (TPSA) is 63.6 Å². The van der Waals surface area contributed by atoms with E-state index in [0.717, 1.165) is 44.9 Å². The van der Waals surface area contributed by atoms with Crippen LogP contribution in [-0.2, 0) is 14.3 Å². The first-order valence-electron chi connectivity index (χ1n) is 11.2. The van der Waals surface area contributed by atoms with Crippen LogP contribution in [-0.4, -0.2) is 23.1 Å². The fraction of sp³-hybridized carbons (Fsp3) is 0.538. The molecule has 0 amide bonds. The standard InChI is InChI=1S/C26H40O4/c1-3-4-5-6-7-8-9-10-11-12-13-14-15-16-17-18-19-23-26(29)30-24(2)21-20-22-25(27)28/h4-5,7-8,10-11,13-14,16-17,24H,3,6,9,12,15,18-23H2,1-2H3,(H,27,28)/b5-4-,8-7-,11-10-,14-13-,17-16-. The fourth-order valence-electron chi connectivity index (χ4n) is 2.62. The van der Waals surface area contributed by atoms with Gasteiger partial charge in [0.25, 0.3) is 0 Å². The van der Waals surface area contributed by atoms with E-state index in [-0.39, 0.29) is 18.5 Å². The molecule has 1 unspecified atom stereocenters. The highest BCUT2D eigenvalue weighted by molar-refractivity contribution is 5.69. The molecule has 1 atom stereocenters. The van der Waals surface area contributed by atoms with E-state index in [9.17, 15) is 9.59 Å². The largest absolute Gasteiger partial charge is 0.481 e. The van der Waals surface area contributed by atoms with Crippen LogP contribution in [0.4, 0.5) is 0 Å². The van der Waals surface area contributed by atoms with Crippen LogP contribution >= 0.6 is 0 Å². The van der Waals surface area contributed by atoms with E-state index in [1.807, 2.05) is 6.92 Å². The van der Waals surface area contributed by atoms with Crippen molar-refractivity contribution in [2.45, 2.75) is 90.6 Å². The van der Waals surface area contributed by atoms with Crippen molar-refractivity contribution in [3.8, 4) is 0 Å². The van der Waals surface area contributed by atoms with Crippen LogP contribution in [0.3, 0.4) is 0 Å². The van der Waals surface area contributed by atoms with Gasteiger partial charge < -0.3 is 9.84 Å². The molecule has 1 N–H and O–H groups in total. The van der Waals surface area contributed by atoms with E-state index >= 15 is 0 Å². The molecule has 0 heterocycles. The van der Waals surface area contributed by atoms with Crippen LogP contribution in [0.1, 0.15) is 84.5 Å². The third-order valence-electron chi connectivity index (χ3n) is 4.24. The van der Waals surface area contributed by atoms with Crippen molar-refractivity contribution in [2.75, 3.05) is 0 Å². The fourth-order valence-corrected chi connectivity index (χ4v) is 2.62. The highest BCUT2D eigenvalue weighted by Gasteiger charge is 2.09. The molecule has 0 spiro atoms. The van der Waals surface area contributed by atoms with Crippen LogP contribution < -0.4 is 0 Å². The van der Waals surface area contributed by atoms with Crippen molar-refractivity contribution in [1.29, 1.82) is 0 Å². The summed E-state index contributed by atoms with van der Waals surface area (Å²) in [5.41, 5.74) is 0. The zero-order chi connectivity index (χ0) is 22.3. The van der Waals surface area contributed by atoms with Gasteiger partial charge in [-0.3, -0.25) is 9.59 Å². The molecule has 0 aliphatic rings. The molecule has 0 aromatic rings. The Morgan fingerprint density at radius 3 is 1.77 bits per heavy atom. The number of carbonyl (C=O) groups is 2. The first kappa shape index (κ1) is 27.6. The van der Waals surface area contributed by atoms with Gasteiger partial charge in [-0.05, 0) is 64.7 Å². The minimum absolute atomic E-state index is 0.117. The monoisotopic (exact) mass is 416 g/mol. The first-order chi connectivity index (χ1) is 14.6. The van der Waals surface area contributed by atoms with E-state index < -0.39 is 5.97 Å². The number of allylic oxidation sites excluding steroid dienone is 10. The molecular weight excluding hydrogens is 376 g/mol.